The van der Waals surface area contributed by atoms with Crippen molar-refractivity contribution in [2.24, 2.45) is 5.84 Å². The molecule has 1 atom stereocenters. The molecule has 3 aromatic rings. The molecule has 102 valence electrons. The highest BCUT2D eigenvalue weighted by atomic mass is 32.1. The van der Waals surface area contributed by atoms with Crippen LogP contribution in [-0.4, -0.2) is 4.98 Å². The number of benzene rings is 1. The molecule has 3 N–H and O–H groups in total. The zero-order chi connectivity index (χ0) is 13.9. The van der Waals surface area contributed by atoms with Crippen molar-refractivity contribution in [1.82, 2.24) is 10.4 Å². The Kier molecular flexibility index (Phi) is 3.78. The summed E-state index contributed by atoms with van der Waals surface area (Å²) in [7, 11) is 0. The Hall–Kier alpha value is -1.75. The molecule has 2 heterocycles. The summed E-state index contributed by atoms with van der Waals surface area (Å²) in [6.07, 6.45) is 2.84. The Morgan fingerprint density at radius 3 is 2.90 bits per heavy atom. The van der Waals surface area contributed by atoms with Gasteiger partial charge in [0.15, 0.2) is 0 Å². The topological polar surface area (TPSA) is 50.9 Å². The summed E-state index contributed by atoms with van der Waals surface area (Å²) in [4.78, 5) is 5.80. The van der Waals surface area contributed by atoms with Gasteiger partial charge in [-0.25, -0.2) is 5.43 Å². The van der Waals surface area contributed by atoms with Gasteiger partial charge in [0, 0.05) is 22.0 Å². The van der Waals surface area contributed by atoms with Crippen LogP contribution in [0.2, 0.25) is 0 Å². The van der Waals surface area contributed by atoms with Crippen LogP contribution in [0.4, 0.5) is 0 Å². The maximum atomic E-state index is 5.84. The maximum Gasteiger partial charge on any atom is 0.0826 e. The minimum Gasteiger partial charge on any atom is -0.271 e. The predicted octanol–water partition coefficient (Wildman–Crippen LogP) is 3.41. The zero-order valence-electron chi connectivity index (χ0n) is 11.3. The van der Waals surface area contributed by atoms with Crippen LogP contribution in [0.1, 0.15) is 29.0 Å². The van der Waals surface area contributed by atoms with E-state index in [9.17, 15) is 0 Å². The largest absolute Gasteiger partial charge is 0.271 e. The molecule has 0 amide bonds. The second-order valence-electron chi connectivity index (χ2n) is 4.69. The number of hydrogen-bond acceptors (Lipinski definition) is 4. The SMILES string of the molecule is CCc1ccsc1C(NN)c1cccc2cccnc12. The van der Waals surface area contributed by atoms with Crippen molar-refractivity contribution in [2.45, 2.75) is 19.4 Å². The van der Waals surface area contributed by atoms with Crippen molar-refractivity contribution >= 4 is 22.2 Å². The third-order valence-electron chi connectivity index (χ3n) is 3.57. The minimum absolute atomic E-state index is 0.0106. The van der Waals surface area contributed by atoms with E-state index >= 15 is 0 Å². The molecule has 0 aliphatic rings. The van der Waals surface area contributed by atoms with Crippen molar-refractivity contribution in [1.29, 1.82) is 0 Å². The highest BCUT2D eigenvalue weighted by molar-refractivity contribution is 7.10. The zero-order valence-corrected chi connectivity index (χ0v) is 12.2. The average molecular weight is 283 g/mol. The van der Waals surface area contributed by atoms with E-state index in [-0.39, 0.29) is 6.04 Å². The van der Waals surface area contributed by atoms with Gasteiger partial charge in [-0.05, 0) is 29.5 Å². The van der Waals surface area contributed by atoms with Gasteiger partial charge in [-0.2, -0.15) is 0 Å². The molecule has 0 fully saturated rings. The lowest BCUT2D eigenvalue weighted by atomic mass is 9.99. The number of para-hydroxylation sites is 1. The van der Waals surface area contributed by atoms with Crippen LogP contribution in [0.3, 0.4) is 0 Å². The lowest BCUT2D eigenvalue weighted by Crippen LogP contribution is -2.29. The van der Waals surface area contributed by atoms with Crippen LogP contribution in [0, 0.1) is 0 Å². The van der Waals surface area contributed by atoms with E-state index in [2.05, 4.69) is 53.0 Å². The lowest BCUT2D eigenvalue weighted by Gasteiger charge is -2.18. The molecule has 4 heteroatoms. The second-order valence-corrected chi connectivity index (χ2v) is 5.63. The van der Waals surface area contributed by atoms with Crippen LogP contribution < -0.4 is 11.3 Å². The highest BCUT2D eigenvalue weighted by Crippen LogP contribution is 2.32. The molecule has 0 aliphatic carbocycles. The van der Waals surface area contributed by atoms with Crippen molar-refractivity contribution in [3.05, 3.63) is 64.0 Å². The normalized spacial score (nSPS) is 12.7. The molecule has 0 spiro atoms. The molecule has 20 heavy (non-hydrogen) atoms. The number of pyridine rings is 1. The van der Waals surface area contributed by atoms with Crippen LogP contribution >= 0.6 is 11.3 Å². The summed E-state index contributed by atoms with van der Waals surface area (Å²) in [5, 5.41) is 3.26. The predicted molar refractivity (Wildman–Crippen MR) is 84.6 cm³/mol. The molecule has 1 unspecified atom stereocenters. The fourth-order valence-electron chi connectivity index (χ4n) is 2.56. The van der Waals surface area contributed by atoms with Crippen molar-refractivity contribution in [3.63, 3.8) is 0 Å². The summed E-state index contributed by atoms with van der Waals surface area (Å²) in [5.41, 5.74) is 6.43. The number of nitrogens with one attached hydrogen (secondary N) is 1. The smallest absolute Gasteiger partial charge is 0.0826 e. The van der Waals surface area contributed by atoms with Crippen molar-refractivity contribution in [2.75, 3.05) is 0 Å². The first kappa shape index (κ1) is 13.2. The van der Waals surface area contributed by atoms with E-state index < -0.39 is 0 Å². The van der Waals surface area contributed by atoms with Crippen LogP contribution in [0.15, 0.2) is 48.0 Å². The number of aromatic nitrogens is 1. The fourth-order valence-corrected chi connectivity index (χ4v) is 3.63. The van der Waals surface area contributed by atoms with E-state index in [1.165, 1.54) is 10.4 Å². The Morgan fingerprint density at radius 2 is 2.10 bits per heavy atom. The van der Waals surface area contributed by atoms with E-state index in [0.29, 0.717) is 0 Å². The molecule has 0 radical (unpaired) electrons. The maximum absolute atomic E-state index is 5.84. The third kappa shape index (κ3) is 2.22. The number of hydrazine groups is 1. The van der Waals surface area contributed by atoms with Gasteiger partial charge in [-0.15, -0.1) is 11.3 Å². The Labute approximate surface area is 122 Å². The standard InChI is InChI=1S/C16H17N3S/c1-2-11-8-10-20-16(11)15(19-17)13-7-3-5-12-6-4-9-18-14(12)13/h3-10,15,19H,2,17H2,1H3. The van der Waals surface area contributed by atoms with Gasteiger partial charge < -0.3 is 0 Å². The van der Waals surface area contributed by atoms with Crippen LogP contribution in [0.5, 0.6) is 0 Å². The summed E-state index contributed by atoms with van der Waals surface area (Å²) < 4.78 is 0. The van der Waals surface area contributed by atoms with Gasteiger partial charge in [0.2, 0.25) is 0 Å². The minimum atomic E-state index is -0.0106. The van der Waals surface area contributed by atoms with E-state index in [1.807, 2.05) is 12.3 Å². The first-order valence-electron chi connectivity index (χ1n) is 6.71. The van der Waals surface area contributed by atoms with Crippen molar-refractivity contribution in [3.8, 4) is 0 Å². The van der Waals surface area contributed by atoms with Gasteiger partial charge in [0.05, 0.1) is 11.6 Å². The molecular weight excluding hydrogens is 266 g/mol. The quantitative estimate of drug-likeness (QED) is 0.570. The van der Waals surface area contributed by atoms with Gasteiger partial charge >= 0.3 is 0 Å². The molecule has 0 saturated heterocycles. The molecule has 3 nitrogen and oxygen atoms in total. The van der Waals surface area contributed by atoms with E-state index in [4.69, 9.17) is 5.84 Å². The number of rotatable bonds is 4. The number of thiophene rings is 1. The van der Waals surface area contributed by atoms with Crippen LogP contribution in [0.25, 0.3) is 10.9 Å². The number of nitrogens with zero attached hydrogens (tertiary/aromatic N) is 1. The average Bonchev–Trinajstić information content (AvgIpc) is 2.97. The lowest BCUT2D eigenvalue weighted by molar-refractivity contribution is 0.645. The van der Waals surface area contributed by atoms with Gasteiger partial charge in [-0.1, -0.05) is 31.2 Å². The van der Waals surface area contributed by atoms with Gasteiger partial charge in [-0.3, -0.25) is 10.8 Å². The summed E-state index contributed by atoms with van der Waals surface area (Å²) in [6, 6.07) is 12.4. The second kappa shape index (κ2) is 5.71. The summed E-state index contributed by atoms with van der Waals surface area (Å²) in [5.74, 6) is 5.84. The molecule has 0 saturated carbocycles. The Balaban J connectivity index is 2.17. The molecule has 3 rings (SSSR count). The number of fused-ring (bicyclic) bond motifs is 1. The monoisotopic (exact) mass is 283 g/mol. The summed E-state index contributed by atoms with van der Waals surface area (Å²) in [6.45, 7) is 2.17. The number of nitrogens with two attached hydrogens (primary N) is 1. The molecule has 0 bridgehead atoms. The first-order chi connectivity index (χ1) is 9.85. The fraction of sp³-hybridized carbons (Fsp3) is 0.188. The van der Waals surface area contributed by atoms with E-state index in [0.717, 1.165) is 22.9 Å². The third-order valence-corrected chi connectivity index (χ3v) is 4.59. The summed E-state index contributed by atoms with van der Waals surface area (Å²) >= 11 is 1.74. The molecule has 0 aliphatic heterocycles. The molecule has 2 aromatic heterocycles. The van der Waals surface area contributed by atoms with Gasteiger partial charge in [0.1, 0.15) is 0 Å². The van der Waals surface area contributed by atoms with Crippen molar-refractivity contribution < 1.29 is 0 Å². The highest BCUT2D eigenvalue weighted by Gasteiger charge is 2.19. The number of aryl methyl sites for hydroxylation is 1. The van der Waals surface area contributed by atoms with Crippen LogP contribution in [-0.2, 0) is 6.42 Å². The Morgan fingerprint density at radius 1 is 1.25 bits per heavy atom. The first-order valence-corrected chi connectivity index (χ1v) is 7.59. The molecular formula is C16H17N3S. The Bertz CT molecular complexity index is 715. The molecule has 1 aromatic carbocycles. The number of hydrogen-bond donors (Lipinski definition) is 2. The van der Waals surface area contributed by atoms with E-state index in [1.54, 1.807) is 11.3 Å². The van der Waals surface area contributed by atoms with Gasteiger partial charge in [0.25, 0.3) is 0 Å².